The summed E-state index contributed by atoms with van der Waals surface area (Å²) in [5.74, 6) is 0.223. The van der Waals surface area contributed by atoms with E-state index in [1.165, 1.54) is 6.07 Å². The zero-order valence-electron chi connectivity index (χ0n) is 14.4. The Morgan fingerprint density at radius 3 is 2.80 bits per heavy atom. The number of nitrogens with two attached hydrogens (primary N) is 1. The molecule has 1 aliphatic heterocycles. The topological polar surface area (TPSA) is 67.6 Å². The van der Waals surface area contributed by atoms with Crippen LogP contribution in [-0.2, 0) is 4.79 Å². The van der Waals surface area contributed by atoms with Crippen LogP contribution in [0.3, 0.4) is 0 Å². The molecule has 1 aliphatic rings. The fourth-order valence-electron chi connectivity index (χ4n) is 3.09. The Labute approximate surface area is 147 Å². The van der Waals surface area contributed by atoms with Gasteiger partial charge in [0.2, 0.25) is 5.91 Å². The number of carbonyl (C=O) groups is 1. The number of amides is 1. The minimum Gasteiger partial charge on any atom is -0.433 e. The molecule has 140 valence electrons. The van der Waals surface area contributed by atoms with E-state index in [9.17, 15) is 13.6 Å². The van der Waals surface area contributed by atoms with Crippen molar-refractivity contribution in [1.82, 2.24) is 5.32 Å². The third-order valence-corrected chi connectivity index (χ3v) is 4.33. The van der Waals surface area contributed by atoms with Gasteiger partial charge in [0.05, 0.1) is 5.69 Å². The molecule has 1 atom stereocenters. The number of alkyl halides is 2. The van der Waals surface area contributed by atoms with E-state index < -0.39 is 6.61 Å². The van der Waals surface area contributed by atoms with Gasteiger partial charge in [0.25, 0.3) is 0 Å². The fraction of sp³-hybridized carbons (Fsp3) is 0.611. The normalized spacial score (nSPS) is 17.1. The highest BCUT2D eigenvalue weighted by atomic mass is 19.3. The first-order valence-electron chi connectivity index (χ1n) is 8.88. The smallest absolute Gasteiger partial charge is 0.387 e. The number of anilines is 1. The maximum atomic E-state index is 12.5. The molecule has 5 nitrogen and oxygen atoms in total. The quantitative estimate of drug-likeness (QED) is 0.633. The molecule has 1 heterocycles. The number of nitrogens with one attached hydrogen (secondary N) is 1. The van der Waals surface area contributed by atoms with E-state index >= 15 is 0 Å². The highest BCUT2D eigenvalue weighted by Gasteiger charge is 2.26. The van der Waals surface area contributed by atoms with E-state index in [-0.39, 0.29) is 17.7 Å². The molecular weight excluding hydrogens is 328 g/mol. The number of para-hydroxylation sites is 2. The monoisotopic (exact) mass is 355 g/mol. The summed E-state index contributed by atoms with van der Waals surface area (Å²) >= 11 is 0. The van der Waals surface area contributed by atoms with Gasteiger partial charge in [-0.2, -0.15) is 8.78 Å². The summed E-state index contributed by atoms with van der Waals surface area (Å²) in [5, 5.41) is 3.04. The van der Waals surface area contributed by atoms with E-state index in [4.69, 9.17) is 5.73 Å². The number of benzene rings is 1. The first-order valence-corrected chi connectivity index (χ1v) is 8.88. The van der Waals surface area contributed by atoms with Crippen molar-refractivity contribution in [3.8, 4) is 5.75 Å². The van der Waals surface area contributed by atoms with Crippen molar-refractivity contribution in [2.24, 2.45) is 5.73 Å². The van der Waals surface area contributed by atoms with Gasteiger partial charge < -0.3 is 20.7 Å². The minimum absolute atomic E-state index is 0.0381. The van der Waals surface area contributed by atoms with Crippen molar-refractivity contribution in [2.75, 3.05) is 24.5 Å². The average Bonchev–Trinajstić information content (AvgIpc) is 3.03. The van der Waals surface area contributed by atoms with Gasteiger partial charge in [-0.3, -0.25) is 4.79 Å². The fourth-order valence-corrected chi connectivity index (χ4v) is 3.09. The van der Waals surface area contributed by atoms with Gasteiger partial charge in [-0.05, 0) is 37.9 Å². The van der Waals surface area contributed by atoms with Crippen LogP contribution in [0, 0.1) is 0 Å². The Morgan fingerprint density at radius 1 is 1.28 bits per heavy atom. The van der Waals surface area contributed by atoms with E-state index in [0.717, 1.165) is 32.1 Å². The van der Waals surface area contributed by atoms with Crippen molar-refractivity contribution in [3.05, 3.63) is 24.3 Å². The number of halogens is 2. The first-order chi connectivity index (χ1) is 12.1. The molecule has 0 bridgehead atoms. The Morgan fingerprint density at radius 2 is 2.04 bits per heavy atom. The van der Waals surface area contributed by atoms with Crippen LogP contribution in [0.1, 0.15) is 38.5 Å². The van der Waals surface area contributed by atoms with Crippen molar-refractivity contribution < 1.29 is 18.3 Å². The van der Waals surface area contributed by atoms with E-state index in [0.29, 0.717) is 31.7 Å². The molecule has 25 heavy (non-hydrogen) atoms. The summed E-state index contributed by atoms with van der Waals surface area (Å²) in [7, 11) is 0. The van der Waals surface area contributed by atoms with Crippen LogP contribution in [0.5, 0.6) is 5.75 Å². The van der Waals surface area contributed by atoms with Gasteiger partial charge in [-0.1, -0.05) is 25.0 Å². The molecule has 0 aromatic heterocycles. The summed E-state index contributed by atoms with van der Waals surface area (Å²) in [6.07, 6.45) is 5.25. The zero-order valence-corrected chi connectivity index (χ0v) is 14.4. The standard InChI is InChI=1S/C18H27F2N3O2/c19-18(20)25-16-8-5-4-7-15(16)23-12-10-14(13-23)22-17(24)9-3-1-2-6-11-21/h4-5,7-8,14,18H,1-3,6,9-13,21H2,(H,22,24). The lowest BCUT2D eigenvalue weighted by molar-refractivity contribution is -0.121. The minimum atomic E-state index is -2.85. The highest BCUT2D eigenvalue weighted by Crippen LogP contribution is 2.31. The zero-order chi connectivity index (χ0) is 18.1. The molecule has 1 fully saturated rings. The Balaban J connectivity index is 1.79. The van der Waals surface area contributed by atoms with Crippen LogP contribution in [0.15, 0.2) is 24.3 Å². The molecule has 3 N–H and O–H groups in total. The van der Waals surface area contributed by atoms with Gasteiger partial charge >= 0.3 is 6.61 Å². The predicted octanol–water partition coefficient (Wildman–Crippen LogP) is 2.89. The second-order valence-corrected chi connectivity index (χ2v) is 6.30. The third-order valence-electron chi connectivity index (χ3n) is 4.33. The first kappa shape index (κ1) is 19.4. The molecule has 0 radical (unpaired) electrons. The average molecular weight is 355 g/mol. The highest BCUT2D eigenvalue weighted by molar-refractivity contribution is 5.76. The van der Waals surface area contributed by atoms with Crippen LogP contribution in [-0.4, -0.2) is 38.2 Å². The maximum Gasteiger partial charge on any atom is 0.387 e. The molecule has 0 spiro atoms. The van der Waals surface area contributed by atoms with E-state index in [2.05, 4.69) is 10.1 Å². The van der Waals surface area contributed by atoms with Gasteiger partial charge in [0.1, 0.15) is 5.75 Å². The van der Waals surface area contributed by atoms with E-state index in [1.807, 2.05) is 4.90 Å². The molecule has 1 aromatic carbocycles. The molecule has 0 aliphatic carbocycles. The van der Waals surface area contributed by atoms with Crippen molar-refractivity contribution in [3.63, 3.8) is 0 Å². The van der Waals surface area contributed by atoms with E-state index in [1.54, 1.807) is 18.2 Å². The van der Waals surface area contributed by atoms with Gasteiger partial charge in [-0.25, -0.2) is 0 Å². The molecule has 1 unspecified atom stereocenters. The largest absolute Gasteiger partial charge is 0.433 e. The second-order valence-electron chi connectivity index (χ2n) is 6.30. The predicted molar refractivity (Wildman–Crippen MR) is 94.0 cm³/mol. The lowest BCUT2D eigenvalue weighted by Crippen LogP contribution is -2.37. The summed E-state index contributed by atoms with van der Waals surface area (Å²) in [5.41, 5.74) is 6.08. The number of hydrogen-bond donors (Lipinski definition) is 2. The van der Waals surface area contributed by atoms with Crippen LogP contribution in [0.4, 0.5) is 14.5 Å². The SMILES string of the molecule is NCCCCCCC(=O)NC1CCN(c2ccccc2OC(F)F)C1. The molecule has 2 rings (SSSR count). The number of rotatable bonds is 10. The van der Waals surface area contributed by atoms with Crippen molar-refractivity contribution in [2.45, 2.75) is 51.2 Å². The second kappa shape index (κ2) is 10.2. The van der Waals surface area contributed by atoms with Gasteiger partial charge in [-0.15, -0.1) is 0 Å². The number of hydrogen-bond acceptors (Lipinski definition) is 4. The number of nitrogens with zero attached hydrogens (tertiary/aromatic N) is 1. The Bertz CT molecular complexity index is 543. The number of carbonyl (C=O) groups excluding carboxylic acids is 1. The van der Waals surface area contributed by atoms with Crippen molar-refractivity contribution >= 4 is 11.6 Å². The molecule has 1 saturated heterocycles. The summed E-state index contributed by atoms with van der Waals surface area (Å²) in [6.45, 7) is -0.854. The molecule has 7 heteroatoms. The Kier molecular flexibility index (Phi) is 7.91. The molecular formula is C18H27F2N3O2. The lowest BCUT2D eigenvalue weighted by Gasteiger charge is -2.22. The van der Waals surface area contributed by atoms with Crippen molar-refractivity contribution in [1.29, 1.82) is 0 Å². The van der Waals surface area contributed by atoms with Crippen LogP contribution in [0.2, 0.25) is 0 Å². The number of ether oxygens (including phenoxy) is 1. The summed E-state index contributed by atoms with van der Waals surface area (Å²) < 4.78 is 29.6. The van der Waals surface area contributed by atoms with Gasteiger partial charge in [0.15, 0.2) is 0 Å². The maximum absolute atomic E-state index is 12.5. The van der Waals surface area contributed by atoms with Crippen LogP contribution >= 0.6 is 0 Å². The molecule has 1 amide bonds. The summed E-state index contributed by atoms with van der Waals surface area (Å²) in [6, 6.07) is 6.80. The number of unbranched alkanes of at least 4 members (excludes halogenated alkanes) is 3. The van der Waals surface area contributed by atoms with Crippen LogP contribution in [0.25, 0.3) is 0 Å². The lowest BCUT2D eigenvalue weighted by atomic mass is 10.1. The van der Waals surface area contributed by atoms with Crippen LogP contribution < -0.4 is 20.7 Å². The third kappa shape index (κ3) is 6.49. The molecule has 1 aromatic rings. The molecule has 0 saturated carbocycles. The Hall–Kier alpha value is -1.89. The summed E-state index contributed by atoms with van der Waals surface area (Å²) in [4.78, 5) is 14.0. The van der Waals surface area contributed by atoms with Gasteiger partial charge in [0, 0.05) is 25.6 Å².